The van der Waals surface area contributed by atoms with Crippen LogP contribution >= 0.6 is 11.3 Å². The first kappa shape index (κ1) is 13.9. The molecule has 0 atom stereocenters. The molecule has 4 N–H and O–H groups in total. The molecule has 0 unspecified atom stereocenters. The van der Waals surface area contributed by atoms with Crippen LogP contribution in [-0.4, -0.2) is 33.5 Å². The molecule has 0 aliphatic rings. The van der Waals surface area contributed by atoms with Crippen LogP contribution < -0.4 is 11.1 Å². The number of carboxylic acid groups (broad SMARTS) is 1. The Hall–Kier alpha value is -2.48. The summed E-state index contributed by atoms with van der Waals surface area (Å²) in [5.41, 5.74) is 5.61. The number of pyridine rings is 1. The maximum absolute atomic E-state index is 11.0. The van der Waals surface area contributed by atoms with Gasteiger partial charge >= 0.3 is 5.97 Å². The number of nitrogens with one attached hydrogen (secondary N) is 1. The Kier molecular flexibility index (Phi) is 4.26. The van der Waals surface area contributed by atoms with Gasteiger partial charge in [-0.25, -0.2) is 14.8 Å². The van der Waals surface area contributed by atoms with E-state index in [0.29, 0.717) is 24.3 Å². The predicted octanol–water partition coefficient (Wildman–Crippen LogP) is 0.990. The Morgan fingerprint density at radius 2 is 2.25 bits per heavy atom. The minimum absolute atomic E-state index is 0.0545. The van der Waals surface area contributed by atoms with E-state index in [2.05, 4.69) is 15.3 Å². The number of thiazole rings is 1. The molecule has 20 heavy (non-hydrogen) atoms. The monoisotopic (exact) mass is 292 g/mol. The van der Waals surface area contributed by atoms with Crippen molar-refractivity contribution in [2.24, 2.45) is 5.73 Å². The fourth-order valence-corrected chi connectivity index (χ4v) is 2.27. The van der Waals surface area contributed by atoms with Gasteiger partial charge in [0.25, 0.3) is 0 Å². The van der Waals surface area contributed by atoms with Gasteiger partial charge in [-0.2, -0.15) is 0 Å². The van der Waals surface area contributed by atoms with Gasteiger partial charge in [0, 0.05) is 30.1 Å². The molecule has 0 aliphatic heterocycles. The summed E-state index contributed by atoms with van der Waals surface area (Å²) in [6.07, 6.45) is 2.06. The molecule has 0 saturated heterocycles. The summed E-state index contributed by atoms with van der Waals surface area (Å²) >= 11 is 1.29. The lowest BCUT2D eigenvalue weighted by atomic mass is 10.2. The number of amides is 1. The Balaban J connectivity index is 1.90. The smallest absolute Gasteiger partial charge is 0.355 e. The van der Waals surface area contributed by atoms with Crippen LogP contribution in [0.1, 0.15) is 25.9 Å². The standard InChI is InChI=1S/C12H12N4O3S/c13-11(17)7-1-3-14-9(5-7)15-4-2-10-16-8(6-20-10)12(18)19/h1,3,5-6H,2,4H2,(H2,13,17)(H,14,15)(H,18,19). The van der Waals surface area contributed by atoms with E-state index >= 15 is 0 Å². The first-order chi connectivity index (χ1) is 9.56. The number of hydrogen-bond donors (Lipinski definition) is 3. The van der Waals surface area contributed by atoms with Gasteiger partial charge in [-0.15, -0.1) is 11.3 Å². The number of aromatic carboxylic acids is 1. The van der Waals surface area contributed by atoms with Crippen LogP contribution in [0, 0.1) is 0 Å². The number of primary amides is 1. The number of aromatic nitrogens is 2. The molecule has 0 aliphatic carbocycles. The van der Waals surface area contributed by atoms with Crippen molar-refractivity contribution in [3.63, 3.8) is 0 Å². The summed E-state index contributed by atoms with van der Waals surface area (Å²) in [5, 5.41) is 14.0. The van der Waals surface area contributed by atoms with Crippen molar-refractivity contribution in [3.8, 4) is 0 Å². The van der Waals surface area contributed by atoms with Crippen molar-refractivity contribution in [2.75, 3.05) is 11.9 Å². The molecular weight excluding hydrogens is 280 g/mol. The number of nitrogens with zero attached hydrogens (tertiary/aromatic N) is 2. The highest BCUT2D eigenvalue weighted by Gasteiger charge is 2.08. The van der Waals surface area contributed by atoms with Gasteiger partial charge in [0.1, 0.15) is 5.82 Å². The maximum Gasteiger partial charge on any atom is 0.355 e. The molecule has 0 aromatic carbocycles. The number of carbonyl (C=O) groups is 2. The number of carbonyl (C=O) groups excluding carboxylic acids is 1. The highest BCUT2D eigenvalue weighted by molar-refractivity contribution is 7.09. The van der Waals surface area contributed by atoms with Gasteiger partial charge in [-0.3, -0.25) is 4.79 Å². The normalized spacial score (nSPS) is 10.2. The Bertz CT molecular complexity index is 641. The van der Waals surface area contributed by atoms with Gasteiger partial charge in [-0.1, -0.05) is 0 Å². The second-order valence-electron chi connectivity index (χ2n) is 3.90. The Morgan fingerprint density at radius 1 is 1.45 bits per heavy atom. The van der Waals surface area contributed by atoms with E-state index in [9.17, 15) is 9.59 Å². The van der Waals surface area contributed by atoms with Crippen LogP contribution in [0.2, 0.25) is 0 Å². The predicted molar refractivity (Wildman–Crippen MR) is 74.0 cm³/mol. The van der Waals surface area contributed by atoms with E-state index in [-0.39, 0.29) is 5.69 Å². The zero-order valence-electron chi connectivity index (χ0n) is 10.4. The maximum atomic E-state index is 11.0. The average molecular weight is 292 g/mol. The van der Waals surface area contributed by atoms with Gasteiger partial charge in [0.15, 0.2) is 5.69 Å². The highest BCUT2D eigenvalue weighted by Crippen LogP contribution is 2.11. The van der Waals surface area contributed by atoms with Gasteiger partial charge < -0.3 is 16.2 Å². The molecule has 104 valence electrons. The largest absolute Gasteiger partial charge is 0.476 e. The minimum atomic E-state index is -1.03. The molecule has 2 aromatic heterocycles. The van der Waals surface area contributed by atoms with Crippen molar-refractivity contribution in [3.05, 3.63) is 40.0 Å². The van der Waals surface area contributed by atoms with E-state index in [1.165, 1.54) is 29.0 Å². The van der Waals surface area contributed by atoms with Crippen molar-refractivity contribution < 1.29 is 14.7 Å². The second kappa shape index (κ2) is 6.11. The summed E-state index contributed by atoms with van der Waals surface area (Å²) in [6.45, 7) is 0.530. The van der Waals surface area contributed by atoms with Crippen LogP contribution in [0.5, 0.6) is 0 Å². The van der Waals surface area contributed by atoms with Gasteiger partial charge in [0.2, 0.25) is 5.91 Å². The molecule has 0 radical (unpaired) electrons. The topological polar surface area (TPSA) is 118 Å². The first-order valence-corrected chi connectivity index (χ1v) is 6.61. The minimum Gasteiger partial charge on any atom is -0.476 e. The van der Waals surface area contributed by atoms with E-state index in [4.69, 9.17) is 10.8 Å². The third-order valence-electron chi connectivity index (χ3n) is 2.46. The number of nitrogens with two attached hydrogens (primary N) is 1. The third kappa shape index (κ3) is 3.51. The van der Waals surface area contributed by atoms with Gasteiger partial charge in [-0.05, 0) is 12.1 Å². The van der Waals surface area contributed by atoms with Crippen LogP contribution in [0.25, 0.3) is 0 Å². The van der Waals surface area contributed by atoms with Gasteiger partial charge in [0.05, 0.1) is 5.01 Å². The molecule has 2 aromatic rings. The molecule has 0 spiro atoms. The zero-order chi connectivity index (χ0) is 14.5. The molecule has 0 saturated carbocycles. The fourth-order valence-electron chi connectivity index (χ4n) is 1.50. The summed E-state index contributed by atoms with van der Waals surface area (Å²) in [5.74, 6) is -1.01. The lowest BCUT2D eigenvalue weighted by Gasteiger charge is -2.04. The van der Waals surface area contributed by atoms with E-state index in [1.54, 1.807) is 6.07 Å². The SMILES string of the molecule is NC(=O)c1ccnc(NCCc2nc(C(=O)O)cs2)c1. The van der Waals surface area contributed by atoms with Crippen molar-refractivity contribution in [2.45, 2.75) is 6.42 Å². The summed E-state index contributed by atoms with van der Waals surface area (Å²) < 4.78 is 0. The molecule has 0 bridgehead atoms. The zero-order valence-corrected chi connectivity index (χ0v) is 11.2. The second-order valence-corrected chi connectivity index (χ2v) is 4.85. The Labute approximate surface area is 118 Å². The van der Waals surface area contributed by atoms with Crippen LogP contribution in [0.3, 0.4) is 0 Å². The van der Waals surface area contributed by atoms with Crippen molar-refractivity contribution in [1.82, 2.24) is 9.97 Å². The number of rotatable bonds is 6. The highest BCUT2D eigenvalue weighted by atomic mass is 32.1. The molecular formula is C12H12N4O3S. The fraction of sp³-hybridized carbons (Fsp3) is 0.167. The van der Waals surface area contributed by atoms with Crippen LogP contribution in [-0.2, 0) is 6.42 Å². The summed E-state index contributed by atoms with van der Waals surface area (Å²) in [7, 11) is 0. The number of hydrogen-bond acceptors (Lipinski definition) is 6. The average Bonchev–Trinajstić information content (AvgIpc) is 2.88. The van der Waals surface area contributed by atoms with Crippen LogP contribution in [0.4, 0.5) is 5.82 Å². The number of anilines is 1. The molecule has 2 heterocycles. The lowest BCUT2D eigenvalue weighted by molar-refractivity contribution is 0.0691. The summed E-state index contributed by atoms with van der Waals surface area (Å²) in [6, 6.07) is 3.10. The lowest BCUT2D eigenvalue weighted by Crippen LogP contribution is -2.12. The van der Waals surface area contributed by atoms with E-state index < -0.39 is 11.9 Å². The quantitative estimate of drug-likeness (QED) is 0.730. The number of carboxylic acids is 1. The van der Waals surface area contributed by atoms with Crippen molar-refractivity contribution >= 4 is 29.0 Å². The molecule has 1 amide bonds. The molecule has 8 heteroatoms. The molecule has 2 rings (SSSR count). The van der Waals surface area contributed by atoms with Crippen molar-refractivity contribution in [1.29, 1.82) is 0 Å². The molecule has 0 fully saturated rings. The van der Waals surface area contributed by atoms with E-state index in [1.807, 2.05) is 0 Å². The van der Waals surface area contributed by atoms with E-state index in [0.717, 1.165) is 5.01 Å². The van der Waals surface area contributed by atoms with Crippen LogP contribution in [0.15, 0.2) is 23.7 Å². The first-order valence-electron chi connectivity index (χ1n) is 5.73. The third-order valence-corrected chi connectivity index (χ3v) is 3.37. The molecule has 7 nitrogen and oxygen atoms in total. The summed E-state index contributed by atoms with van der Waals surface area (Å²) in [4.78, 5) is 29.7. The Morgan fingerprint density at radius 3 is 2.90 bits per heavy atom.